The van der Waals surface area contributed by atoms with E-state index < -0.39 is 0 Å². The van der Waals surface area contributed by atoms with Crippen molar-refractivity contribution in [1.82, 2.24) is 0 Å². The normalized spacial score (nSPS) is 12.0. The van der Waals surface area contributed by atoms with Crippen LogP contribution in [0.2, 0.25) is 0 Å². The summed E-state index contributed by atoms with van der Waals surface area (Å²) >= 11 is 0. The number of benzene rings is 2. The molecule has 1 unspecified atom stereocenters. The Hall–Kier alpha value is -2.00. The summed E-state index contributed by atoms with van der Waals surface area (Å²) < 4.78 is 11.1. The lowest BCUT2D eigenvalue weighted by atomic mass is 9.91. The average Bonchev–Trinajstić information content (AvgIpc) is 2.56. The standard InChI is InChI=1S/C19H25NO2/c1-15-8-3-4-10-17(15)16(14-20)9-7-13-22-19-12-6-5-11-18(19)21-2/h3-6,8,10-12,16H,7,9,13-14,20H2,1-2H3. The van der Waals surface area contributed by atoms with E-state index in [9.17, 15) is 0 Å². The lowest BCUT2D eigenvalue weighted by molar-refractivity contribution is 0.282. The molecule has 1 atom stereocenters. The largest absolute Gasteiger partial charge is 0.493 e. The quantitative estimate of drug-likeness (QED) is 0.752. The lowest BCUT2D eigenvalue weighted by Gasteiger charge is -2.18. The van der Waals surface area contributed by atoms with Crippen LogP contribution in [-0.2, 0) is 0 Å². The van der Waals surface area contributed by atoms with Gasteiger partial charge in [0.25, 0.3) is 0 Å². The summed E-state index contributed by atoms with van der Waals surface area (Å²) in [5.41, 5.74) is 8.61. The topological polar surface area (TPSA) is 44.5 Å². The van der Waals surface area contributed by atoms with Gasteiger partial charge in [0.2, 0.25) is 0 Å². The van der Waals surface area contributed by atoms with E-state index in [4.69, 9.17) is 15.2 Å². The molecular weight excluding hydrogens is 274 g/mol. The summed E-state index contributed by atoms with van der Waals surface area (Å²) in [4.78, 5) is 0. The first kappa shape index (κ1) is 16.4. The molecule has 3 heteroatoms. The van der Waals surface area contributed by atoms with E-state index in [0.29, 0.717) is 19.1 Å². The first-order chi connectivity index (χ1) is 10.8. The van der Waals surface area contributed by atoms with Gasteiger partial charge in [0, 0.05) is 0 Å². The van der Waals surface area contributed by atoms with Gasteiger partial charge in [0.15, 0.2) is 11.5 Å². The van der Waals surface area contributed by atoms with Crippen molar-refractivity contribution < 1.29 is 9.47 Å². The van der Waals surface area contributed by atoms with Gasteiger partial charge in [-0.1, -0.05) is 36.4 Å². The van der Waals surface area contributed by atoms with E-state index in [-0.39, 0.29) is 0 Å². The van der Waals surface area contributed by atoms with Gasteiger partial charge in [-0.05, 0) is 55.5 Å². The molecule has 0 aromatic heterocycles. The number of hydrogen-bond donors (Lipinski definition) is 1. The Kier molecular flexibility index (Phi) is 6.28. The fraction of sp³-hybridized carbons (Fsp3) is 0.368. The van der Waals surface area contributed by atoms with Crippen molar-refractivity contribution in [3.05, 3.63) is 59.7 Å². The highest BCUT2D eigenvalue weighted by atomic mass is 16.5. The molecule has 0 aliphatic heterocycles. The Labute approximate surface area is 133 Å². The van der Waals surface area contributed by atoms with Crippen molar-refractivity contribution in [2.24, 2.45) is 5.73 Å². The Balaban J connectivity index is 1.86. The molecule has 0 fully saturated rings. The van der Waals surface area contributed by atoms with Gasteiger partial charge in [-0.2, -0.15) is 0 Å². The minimum Gasteiger partial charge on any atom is -0.493 e. The number of hydrogen-bond acceptors (Lipinski definition) is 3. The molecule has 118 valence electrons. The third-order valence-corrected chi connectivity index (χ3v) is 3.94. The van der Waals surface area contributed by atoms with E-state index in [1.165, 1.54) is 11.1 Å². The second-order valence-electron chi connectivity index (χ2n) is 5.43. The van der Waals surface area contributed by atoms with Crippen LogP contribution in [-0.4, -0.2) is 20.3 Å². The van der Waals surface area contributed by atoms with Gasteiger partial charge in [-0.3, -0.25) is 0 Å². The molecule has 0 aliphatic carbocycles. The van der Waals surface area contributed by atoms with Crippen molar-refractivity contribution in [2.45, 2.75) is 25.7 Å². The van der Waals surface area contributed by atoms with Crippen LogP contribution in [0.4, 0.5) is 0 Å². The molecule has 0 spiro atoms. The molecule has 2 rings (SSSR count). The Morgan fingerprint density at radius 3 is 2.36 bits per heavy atom. The van der Waals surface area contributed by atoms with Crippen LogP contribution in [0.1, 0.15) is 29.9 Å². The smallest absolute Gasteiger partial charge is 0.161 e. The van der Waals surface area contributed by atoms with Crippen LogP contribution in [0.3, 0.4) is 0 Å². The van der Waals surface area contributed by atoms with Crippen molar-refractivity contribution in [2.75, 3.05) is 20.3 Å². The average molecular weight is 299 g/mol. The van der Waals surface area contributed by atoms with Gasteiger partial charge in [0.1, 0.15) is 0 Å². The molecule has 3 nitrogen and oxygen atoms in total. The Morgan fingerprint density at radius 2 is 1.68 bits per heavy atom. The summed E-state index contributed by atoms with van der Waals surface area (Å²) in [5.74, 6) is 1.96. The van der Waals surface area contributed by atoms with Crippen molar-refractivity contribution in [3.8, 4) is 11.5 Å². The van der Waals surface area contributed by atoms with E-state index in [0.717, 1.165) is 24.3 Å². The summed E-state index contributed by atoms with van der Waals surface area (Å²) in [6.45, 7) is 3.48. The highest BCUT2D eigenvalue weighted by Crippen LogP contribution is 2.27. The summed E-state index contributed by atoms with van der Waals surface area (Å²) in [5, 5.41) is 0. The van der Waals surface area contributed by atoms with E-state index in [1.807, 2.05) is 24.3 Å². The molecule has 0 saturated carbocycles. The minimum absolute atomic E-state index is 0.391. The predicted octanol–water partition coefficient (Wildman–Crippen LogP) is 3.91. The number of nitrogens with two attached hydrogens (primary N) is 1. The molecule has 0 bridgehead atoms. The third-order valence-electron chi connectivity index (χ3n) is 3.94. The van der Waals surface area contributed by atoms with Gasteiger partial charge in [0.05, 0.1) is 13.7 Å². The minimum atomic E-state index is 0.391. The summed E-state index contributed by atoms with van der Waals surface area (Å²) in [6.07, 6.45) is 1.99. The molecule has 0 saturated heterocycles. The number of methoxy groups -OCH3 is 1. The molecule has 2 aromatic rings. The van der Waals surface area contributed by atoms with Crippen LogP contribution >= 0.6 is 0 Å². The van der Waals surface area contributed by atoms with Crippen molar-refractivity contribution in [3.63, 3.8) is 0 Å². The molecule has 22 heavy (non-hydrogen) atoms. The first-order valence-corrected chi connectivity index (χ1v) is 7.77. The monoisotopic (exact) mass is 299 g/mol. The van der Waals surface area contributed by atoms with Crippen LogP contribution in [0, 0.1) is 6.92 Å². The van der Waals surface area contributed by atoms with Gasteiger partial charge in [-0.15, -0.1) is 0 Å². The van der Waals surface area contributed by atoms with Crippen molar-refractivity contribution >= 4 is 0 Å². The van der Waals surface area contributed by atoms with Gasteiger partial charge in [-0.25, -0.2) is 0 Å². The zero-order chi connectivity index (χ0) is 15.8. The lowest BCUT2D eigenvalue weighted by Crippen LogP contribution is -2.14. The van der Waals surface area contributed by atoms with E-state index in [2.05, 4.69) is 31.2 Å². The second kappa shape index (κ2) is 8.44. The fourth-order valence-electron chi connectivity index (χ4n) is 2.70. The third kappa shape index (κ3) is 4.25. The zero-order valence-corrected chi connectivity index (χ0v) is 13.4. The molecule has 0 amide bonds. The SMILES string of the molecule is COc1ccccc1OCCCC(CN)c1ccccc1C. The molecule has 0 heterocycles. The van der Waals surface area contributed by atoms with Crippen LogP contribution in [0.5, 0.6) is 11.5 Å². The van der Waals surface area contributed by atoms with Crippen LogP contribution in [0.25, 0.3) is 0 Å². The molecular formula is C19H25NO2. The Bertz CT molecular complexity index is 583. The summed E-state index contributed by atoms with van der Waals surface area (Å²) in [6, 6.07) is 16.2. The molecule has 2 aromatic carbocycles. The van der Waals surface area contributed by atoms with Crippen LogP contribution < -0.4 is 15.2 Å². The highest BCUT2D eigenvalue weighted by Gasteiger charge is 2.12. The number of rotatable bonds is 8. The zero-order valence-electron chi connectivity index (χ0n) is 13.4. The number of ether oxygens (including phenoxy) is 2. The van der Waals surface area contributed by atoms with Gasteiger partial charge < -0.3 is 15.2 Å². The predicted molar refractivity (Wildman–Crippen MR) is 90.7 cm³/mol. The van der Waals surface area contributed by atoms with Gasteiger partial charge >= 0.3 is 0 Å². The molecule has 2 N–H and O–H groups in total. The maximum absolute atomic E-state index is 5.95. The Morgan fingerprint density at radius 1 is 1.00 bits per heavy atom. The second-order valence-corrected chi connectivity index (χ2v) is 5.43. The molecule has 0 radical (unpaired) electrons. The molecule has 0 aliphatic rings. The fourth-order valence-corrected chi connectivity index (χ4v) is 2.70. The van der Waals surface area contributed by atoms with E-state index >= 15 is 0 Å². The maximum Gasteiger partial charge on any atom is 0.161 e. The number of aryl methyl sites for hydroxylation is 1. The first-order valence-electron chi connectivity index (χ1n) is 7.77. The van der Waals surface area contributed by atoms with Crippen LogP contribution in [0.15, 0.2) is 48.5 Å². The maximum atomic E-state index is 5.95. The summed E-state index contributed by atoms with van der Waals surface area (Å²) in [7, 11) is 1.66. The highest BCUT2D eigenvalue weighted by molar-refractivity contribution is 5.39. The van der Waals surface area contributed by atoms with Crippen molar-refractivity contribution in [1.29, 1.82) is 0 Å². The number of para-hydroxylation sites is 2. The van der Waals surface area contributed by atoms with E-state index in [1.54, 1.807) is 7.11 Å².